The molecule has 4 nitrogen and oxygen atoms in total. The van der Waals surface area contributed by atoms with Gasteiger partial charge in [0.05, 0.1) is 0 Å². The monoisotopic (exact) mass is 666 g/mol. The standard InChI is InChI=1S/C35H57N3S.C2H6.C2H4.C2H2.CH2O/c1-5-9-23-35(25-30(8-4)17-6-2)38(36)27-34(18-7-3)37-26-33(24-31-19-15-12-16-20-31)29-39-28-32-21-13-10-11-14-22-32;4*1-2/h3,10,13-15,19-22,30,33-35,37H,5-6,8-9,11-12,16-18,23-29,36H2,1-2,4H3;1-2H3;1-2H2;1-2H;1H2/t30?,33-,34?,35+;;;;/m0..../s1. The van der Waals surface area contributed by atoms with Gasteiger partial charge in [-0.2, -0.15) is 11.8 Å². The number of thioether (sulfide) groups is 1. The summed E-state index contributed by atoms with van der Waals surface area (Å²) in [5.74, 6) is 13.3. The average Bonchev–Trinajstić information content (AvgIpc) is 3.41. The molecule has 2 aliphatic carbocycles. The van der Waals surface area contributed by atoms with E-state index >= 15 is 0 Å². The van der Waals surface area contributed by atoms with Crippen LogP contribution in [0.3, 0.4) is 0 Å². The Labute approximate surface area is 296 Å². The van der Waals surface area contributed by atoms with E-state index in [4.69, 9.17) is 17.1 Å². The number of hydrazine groups is 1. The van der Waals surface area contributed by atoms with Gasteiger partial charge in [0, 0.05) is 30.8 Å². The smallest absolute Gasteiger partial charge is 0.106 e. The Bertz CT molecular complexity index is 924. The summed E-state index contributed by atoms with van der Waals surface area (Å²) in [5.41, 5.74) is 2.90. The summed E-state index contributed by atoms with van der Waals surface area (Å²) in [6.45, 7) is 20.7. The predicted molar refractivity (Wildman–Crippen MR) is 215 cm³/mol. The number of nitrogens with zero attached hydrogens (tertiary/aromatic N) is 1. The molecule has 2 aliphatic rings. The van der Waals surface area contributed by atoms with Crippen molar-refractivity contribution in [2.45, 2.75) is 124 Å². The van der Waals surface area contributed by atoms with E-state index in [9.17, 15) is 0 Å². The van der Waals surface area contributed by atoms with E-state index in [-0.39, 0.29) is 6.04 Å². The highest BCUT2D eigenvalue weighted by atomic mass is 32.2. The van der Waals surface area contributed by atoms with Crippen molar-refractivity contribution in [1.29, 1.82) is 0 Å². The van der Waals surface area contributed by atoms with Gasteiger partial charge in [0.1, 0.15) is 6.79 Å². The summed E-state index contributed by atoms with van der Waals surface area (Å²) in [6, 6.07) is 0.652. The van der Waals surface area contributed by atoms with E-state index in [1.165, 1.54) is 68.9 Å². The molecule has 0 radical (unpaired) electrons. The highest BCUT2D eigenvalue weighted by molar-refractivity contribution is 7.99. The lowest BCUT2D eigenvalue weighted by Gasteiger charge is -2.33. The number of terminal acetylenes is 2. The molecule has 5 heteroatoms. The number of hydrogen-bond acceptors (Lipinski definition) is 5. The maximum atomic E-state index is 8.00. The normalized spacial score (nSPS) is 15.5. The fraction of sp³-hybridized carbons (Fsp3) is 0.595. The number of nitrogens with two attached hydrogens (primary N) is 1. The molecule has 0 fully saturated rings. The van der Waals surface area contributed by atoms with Gasteiger partial charge < -0.3 is 10.1 Å². The highest BCUT2D eigenvalue weighted by Gasteiger charge is 2.23. The van der Waals surface area contributed by atoms with Gasteiger partial charge >= 0.3 is 0 Å². The molecule has 2 unspecified atom stereocenters. The third-order valence-corrected chi connectivity index (χ3v) is 9.24. The van der Waals surface area contributed by atoms with Crippen LogP contribution in [0.2, 0.25) is 0 Å². The lowest BCUT2D eigenvalue weighted by molar-refractivity contribution is -0.0980. The van der Waals surface area contributed by atoms with Crippen LogP contribution in [0.25, 0.3) is 0 Å². The van der Waals surface area contributed by atoms with Gasteiger partial charge in [0.15, 0.2) is 0 Å². The number of carbonyl (C=O) groups excluding carboxylic acids is 1. The van der Waals surface area contributed by atoms with Crippen LogP contribution in [0.15, 0.2) is 72.9 Å². The number of hydrogen-bond donors (Lipinski definition) is 2. The van der Waals surface area contributed by atoms with Gasteiger partial charge in [0.25, 0.3) is 0 Å². The van der Waals surface area contributed by atoms with Crippen molar-refractivity contribution < 1.29 is 4.79 Å². The Kier molecular flexibility index (Phi) is 39.4. The van der Waals surface area contributed by atoms with Crippen LogP contribution in [-0.4, -0.2) is 48.5 Å². The maximum absolute atomic E-state index is 8.00. The zero-order valence-electron chi connectivity index (χ0n) is 30.9. The first-order chi connectivity index (χ1) is 23.1. The first-order valence-electron chi connectivity index (χ1n) is 17.8. The number of rotatable bonds is 21. The SMILES string of the molecule is C#C.C#CCC(CN(N)[C@H](CCCC)CC(CC)CCC)NC[C@@H](CSCC1=CC=CCC=C1)CC1=CCCC=C1.C=C.C=O.CC. The Morgan fingerprint density at radius 2 is 1.70 bits per heavy atom. The molecule has 0 heterocycles. The second-order valence-electron chi connectivity index (χ2n) is 11.5. The van der Waals surface area contributed by atoms with Crippen LogP contribution < -0.4 is 11.2 Å². The van der Waals surface area contributed by atoms with E-state index in [2.05, 4.69) is 123 Å². The predicted octanol–water partition coefficient (Wildman–Crippen LogP) is 10.3. The number of carbonyl (C=O) groups is 1. The molecule has 0 aliphatic heterocycles. The van der Waals surface area contributed by atoms with Gasteiger partial charge in [-0.05, 0) is 68.2 Å². The number of nitrogens with one attached hydrogen (secondary N) is 1. The number of allylic oxidation sites excluding steroid dienone is 9. The van der Waals surface area contributed by atoms with Crippen LogP contribution in [0, 0.1) is 37.0 Å². The summed E-state index contributed by atoms with van der Waals surface area (Å²) in [4.78, 5) is 8.00. The first kappa shape index (κ1) is 48.9. The molecule has 266 valence electrons. The van der Waals surface area contributed by atoms with Crippen LogP contribution in [0.4, 0.5) is 0 Å². The van der Waals surface area contributed by atoms with Crippen LogP contribution in [-0.2, 0) is 4.79 Å². The maximum Gasteiger partial charge on any atom is 0.106 e. The first-order valence-corrected chi connectivity index (χ1v) is 19.0. The van der Waals surface area contributed by atoms with E-state index in [0.29, 0.717) is 18.4 Å². The van der Waals surface area contributed by atoms with Crippen molar-refractivity contribution in [2.24, 2.45) is 17.7 Å². The topological polar surface area (TPSA) is 58.4 Å². The molecule has 0 saturated heterocycles. The summed E-state index contributed by atoms with van der Waals surface area (Å²) in [6.07, 6.45) is 45.9. The van der Waals surface area contributed by atoms with E-state index in [1.54, 1.807) is 0 Å². The Morgan fingerprint density at radius 1 is 1.00 bits per heavy atom. The van der Waals surface area contributed by atoms with E-state index < -0.39 is 0 Å². The lowest BCUT2D eigenvalue weighted by Crippen LogP contribution is -2.50. The third kappa shape index (κ3) is 26.1. The van der Waals surface area contributed by atoms with Crippen molar-refractivity contribution in [1.82, 2.24) is 10.3 Å². The van der Waals surface area contributed by atoms with E-state index in [1.807, 2.05) is 20.6 Å². The molecule has 0 aromatic carbocycles. The van der Waals surface area contributed by atoms with Crippen molar-refractivity contribution in [3.63, 3.8) is 0 Å². The van der Waals surface area contributed by atoms with Crippen molar-refractivity contribution in [3.05, 3.63) is 72.9 Å². The van der Waals surface area contributed by atoms with Crippen LogP contribution >= 0.6 is 11.8 Å². The fourth-order valence-corrected chi connectivity index (χ4v) is 6.74. The molecule has 4 atom stereocenters. The molecular formula is C42H71N3OS. The van der Waals surface area contributed by atoms with Gasteiger partial charge in [0.2, 0.25) is 0 Å². The van der Waals surface area contributed by atoms with Crippen LogP contribution in [0.5, 0.6) is 0 Å². The van der Waals surface area contributed by atoms with Gasteiger partial charge in [-0.25, -0.2) is 5.01 Å². The molecule has 0 amide bonds. The molecule has 3 N–H and O–H groups in total. The summed E-state index contributed by atoms with van der Waals surface area (Å²) >= 11 is 2.05. The molecule has 0 aromatic heterocycles. The minimum Gasteiger partial charge on any atom is -0.311 e. The van der Waals surface area contributed by atoms with Gasteiger partial charge in [-0.1, -0.05) is 121 Å². The fourth-order valence-electron chi connectivity index (χ4n) is 5.63. The Hall–Kier alpha value is -2.54. The van der Waals surface area contributed by atoms with E-state index in [0.717, 1.165) is 43.4 Å². The third-order valence-electron chi connectivity index (χ3n) is 8.00. The van der Waals surface area contributed by atoms with Crippen molar-refractivity contribution in [2.75, 3.05) is 24.6 Å². The molecule has 2 rings (SSSR count). The molecule has 0 bridgehead atoms. The van der Waals surface area contributed by atoms with Crippen molar-refractivity contribution >= 4 is 18.6 Å². The van der Waals surface area contributed by atoms with Gasteiger partial charge in [-0.3, -0.25) is 5.84 Å². The molecular weight excluding hydrogens is 595 g/mol. The Balaban J connectivity index is -0.00000224. The highest BCUT2D eigenvalue weighted by Crippen LogP contribution is 2.25. The zero-order chi connectivity index (χ0) is 36.1. The average molecular weight is 666 g/mol. The Morgan fingerprint density at radius 3 is 2.30 bits per heavy atom. The molecule has 0 spiro atoms. The molecule has 47 heavy (non-hydrogen) atoms. The quantitative estimate of drug-likeness (QED) is 0.0553. The molecule has 0 saturated carbocycles. The largest absolute Gasteiger partial charge is 0.311 e. The van der Waals surface area contributed by atoms with Crippen LogP contribution in [0.1, 0.15) is 112 Å². The zero-order valence-corrected chi connectivity index (χ0v) is 31.8. The summed E-state index contributed by atoms with van der Waals surface area (Å²) in [7, 11) is 0. The number of unbranched alkanes of at least 4 members (excludes halogenated alkanes) is 1. The minimum atomic E-state index is 0.219. The molecule has 0 aromatic rings. The van der Waals surface area contributed by atoms with Gasteiger partial charge in [-0.15, -0.1) is 38.3 Å². The second kappa shape index (κ2) is 37.9. The lowest BCUT2D eigenvalue weighted by atomic mass is 9.90. The van der Waals surface area contributed by atoms with Crippen molar-refractivity contribution in [3.8, 4) is 25.2 Å². The summed E-state index contributed by atoms with van der Waals surface area (Å²) in [5, 5.41) is 6.01. The minimum absolute atomic E-state index is 0.219. The second-order valence-corrected chi connectivity index (χ2v) is 12.5. The summed E-state index contributed by atoms with van der Waals surface area (Å²) < 4.78 is 0.